The third-order valence-electron chi connectivity index (χ3n) is 2.64. The Labute approximate surface area is 115 Å². The standard InChI is InChI=1S/C13H16BrNO3/c1-7(2)11(13(17)18)15-12(16)9-4-5-10(14)8(3)6-9/h4-7,11H,1-3H3,(H,15,16)(H,17,18)/t11-/m0/s1. The van der Waals surface area contributed by atoms with Crippen molar-refractivity contribution in [1.29, 1.82) is 0 Å². The van der Waals surface area contributed by atoms with Gasteiger partial charge in [-0.2, -0.15) is 0 Å². The third kappa shape index (κ3) is 3.57. The van der Waals surface area contributed by atoms with E-state index in [9.17, 15) is 9.59 Å². The molecule has 0 aromatic heterocycles. The highest BCUT2D eigenvalue weighted by atomic mass is 79.9. The van der Waals surface area contributed by atoms with Gasteiger partial charge >= 0.3 is 5.97 Å². The average molecular weight is 314 g/mol. The lowest BCUT2D eigenvalue weighted by Crippen LogP contribution is -2.44. The number of rotatable bonds is 4. The minimum atomic E-state index is -1.02. The van der Waals surface area contributed by atoms with Crippen molar-refractivity contribution in [3.05, 3.63) is 33.8 Å². The van der Waals surface area contributed by atoms with Gasteiger partial charge in [-0.3, -0.25) is 4.79 Å². The molecule has 0 aliphatic rings. The molecule has 0 radical (unpaired) electrons. The summed E-state index contributed by atoms with van der Waals surface area (Å²) in [5.74, 6) is -1.55. The van der Waals surface area contributed by atoms with Crippen molar-refractivity contribution in [2.45, 2.75) is 26.8 Å². The van der Waals surface area contributed by atoms with Crippen LogP contribution >= 0.6 is 15.9 Å². The van der Waals surface area contributed by atoms with Crippen LogP contribution in [0.5, 0.6) is 0 Å². The second-order valence-electron chi connectivity index (χ2n) is 4.50. The summed E-state index contributed by atoms with van der Waals surface area (Å²) < 4.78 is 0.915. The van der Waals surface area contributed by atoms with Gasteiger partial charge in [-0.25, -0.2) is 4.79 Å². The van der Waals surface area contributed by atoms with E-state index in [1.165, 1.54) is 0 Å². The fourth-order valence-corrected chi connectivity index (χ4v) is 1.77. The number of halogens is 1. The van der Waals surface area contributed by atoms with E-state index in [2.05, 4.69) is 21.2 Å². The minimum absolute atomic E-state index is 0.164. The van der Waals surface area contributed by atoms with Gasteiger partial charge in [-0.15, -0.1) is 0 Å². The molecule has 0 fully saturated rings. The first-order chi connectivity index (χ1) is 8.32. The molecule has 18 heavy (non-hydrogen) atoms. The molecule has 0 aliphatic heterocycles. The molecule has 2 N–H and O–H groups in total. The average Bonchev–Trinajstić information content (AvgIpc) is 2.28. The van der Waals surface area contributed by atoms with Gasteiger partial charge < -0.3 is 10.4 Å². The molecule has 1 amide bonds. The largest absolute Gasteiger partial charge is 0.480 e. The Hall–Kier alpha value is -1.36. The lowest BCUT2D eigenvalue weighted by Gasteiger charge is -2.18. The first kappa shape index (κ1) is 14.7. The summed E-state index contributed by atoms with van der Waals surface area (Å²) in [4.78, 5) is 22.9. The maximum absolute atomic E-state index is 11.9. The van der Waals surface area contributed by atoms with Crippen LogP contribution < -0.4 is 5.32 Å². The molecule has 0 saturated heterocycles. The highest BCUT2D eigenvalue weighted by Crippen LogP contribution is 2.17. The Morgan fingerprint density at radius 1 is 1.33 bits per heavy atom. The molecule has 0 saturated carbocycles. The predicted octanol–water partition coefficient (Wildman–Crippen LogP) is 2.60. The minimum Gasteiger partial charge on any atom is -0.480 e. The van der Waals surface area contributed by atoms with Gasteiger partial charge in [0, 0.05) is 10.0 Å². The Balaban J connectivity index is 2.87. The van der Waals surface area contributed by atoms with Crippen molar-refractivity contribution in [1.82, 2.24) is 5.32 Å². The van der Waals surface area contributed by atoms with Crippen LogP contribution in [0.25, 0.3) is 0 Å². The number of aryl methyl sites for hydroxylation is 1. The summed E-state index contributed by atoms with van der Waals surface area (Å²) in [5.41, 5.74) is 1.39. The summed E-state index contributed by atoms with van der Waals surface area (Å²) in [6, 6.07) is 4.28. The Kier molecular flexibility index (Phi) is 4.90. The van der Waals surface area contributed by atoms with Gasteiger partial charge in [-0.05, 0) is 36.6 Å². The van der Waals surface area contributed by atoms with Gasteiger partial charge in [0.15, 0.2) is 0 Å². The van der Waals surface area contributed by atoms with Crippen LogP contribution in [0.1, 0.15) is 29.8 Å². The Morgan fingerprint density at radius 3 is 2.39 bits per heavy atom. The molecule has 0 bridgehead atoms. The molecule has 0 unspecified atom stereocenters. The highest BCUT2D eigenvalue weighted by molar-refractivity contribution is 9.10. The number of carbonyl (C=O) groups is 2. The maximum Gasteiger partial charge on any atom is 0.326 e. The lowest BCUT2D eigenvalue weighted by atomic mass is 10.0. The van der Waals surface area contributed by atoms with E-state index in [0.717, 1.165) is 10.0 Å². The molecule has 1 aromatic carbocycles. The smallest absolute Gasteiger partial charge is 0.326 e. The molecule has 0 heterocycles. The van der Waals surface area contributed by atoms with Gasteiger partial charge in [0.1, 0.15) is 6.04 Å². The fraction of sp³-hybridized carbons (Fsp3) is 0.385. The number of hydrogen-bond acceptors (Lipinski definition) is 2. The SMILES string of the molecule is Cc1cc(C(=O)N[C@H](C(=O)O)C(C)C)ccc1Br. The lowest BCUT2D eigenvalue weighted by molar-refractivity contribution is -0.140. The number of nitrogens with one attached hydrogen (secondary N) is 1. The Bertz CT molecular complexity index is 471. The van der Waals surface area contributed by atoms with Crippen LogP contribution in [0, 0.1) is 12.8 Å². The fourth-order valence-electron chi connectivity index (χ4n) is 1.52. The van der Waals surface area contributed by atoms with Crippen LogP contribution in [0.2, 0.25) is 0 Å². The van der Waals surface area contributed by atoms with E-state index in [-0.39, 0.29) is 11.8 Å². The number of aliphatic carboxylic acids is 1. The molecule has 4 nitrogen and oxygen atoms in total. The summed E-state index contributed by atoms with van der Waals surface area (Å²) in [5, 5.41) is 11.5. The molecule has 5 heteroatoms. The number of carboxylic acid groups (broad SMARTS) is 1. The monoisotopic (exact) mass is 313 g/mol. The van der Waals surface area contributed by atoms with Crippen molar-refractivity contribution in [3.63, 3.8) is 0 Å². The second-order valence-corrected chi connectivity index (χ2v) is 5.35. The first-order valence-corrected chi connectivity index (χ1v) is 6.42. The van der Waals surface area contributed by atoms with Crippen LogP contribution in [0.3, 0.4) is 0 Å². The van der Waals surface area contributed by atoms with Gasteiger partial charge in [0.25, 0.3) is 5.91 Å². The van der Waals surface area contributed by atoms with E-state index in [0.29, 0.717) is 5.56 Å². The Morgan fingerprint density at radius 2 is 1.94 bits per heavy atom. The highest BCUT2D eigenvalue weighted by Gasteiger charge is 2.23. The predicted molar refractivity (Wildman–Crippen MR) is 72.6 cm³/mol. The molecule has 98 valence electrons. The van der Waals surface area contributed by atoms with Crippen molar-refractivity contribution >= 4 is 27.8 Å². The summed E-state index contributed by atoms with van der Waals surface area (Å²) >= 11 is 3.35. The van der Waals surface area contributed by atoms with Gasteiger partial charge in [0.05, 0.1) is 0 Å². The molecular formula is C13H16BrNO3. The van der Waals surface area contributed by atoms with E-state index < -0.39 is 12.0 Å². The van der Waals surface area contributed by atoms with Crippen LogP contribution in [0.15, 0.2) is 22.7 Å². The van der Waals surface area contributed by atoms with E-state index in [4.69, 9.17) is 5.11 Å². The zero-order valence-corrected chi connectivity index (χ0v) is 12.1. The number of hydrogen-bond donors (Lipinski definition) is 2. The molecule has 1 atom stereocenters. The van der Waals surface area contributed by atoms with Crippen molar-refractivity contribution in [3.8, 4) is 0 Å². The van der Waals surface area contributed by atoms with Crippen LogP contribution in [-0.4, -0.2) is 23.0 Å². The summed E-state index contributed by atoms with van der Waals surface area (Å²) in [6.45, 7) is 5.38. The van der Waals surface area contributed by atoms with E-state index in [1.54, 1.807) is 32.0 Å². The number of carbonyl (C=O) groups excluding carboxylic acids is 1. The molecule has 0 aliphatic carbocycles. The summed E-state index contributed by atoms with van der Waals surface area (Å²) in [7, 11) is 0. The zero-order chi connectivity index (χ0) is 13.9. The zero-order valence-electron chi connectivity index (χ0n) is 10.5. The quantitative estimate of drug-likeness (QED) is 0.898. The second kappa shape index (κ2) is 6.00. The molecule has 1 rings (SSSR count). The van der Waals surface area contributed by atoms with Gasteiger partial charge in [0.2, 0.25) is 0 Å². The third-order valence-corrected chi connectivity index (χ3v) is 3.53. The number of carboxylic acids is 1. The van der Waals surface area contributed by atoms with Crippen LogP contribution in [-0.2, 0) is 4.79 Å². The van der Waals surface area contributed by atoms with Crippen molar-refractivity contribution in [2.75, 3.05) is 0 Å². The maximum atomic E-state index is 11.9. The van der Waals surface area contributed by atoms with Gasteiger partial charge in [-0.1, -0.05) is 29.8 Å². The normalized spacial score (nSPS) is 12.3. The first-order valence-electron chi connectivity index (χ1n) is 5.62. The number of amides is 1. The topological polar surface area (TPSA) is 66.4 Å². The van der Waals surface area contributed by atoms with Crippen molar-refractivity contribution in [2.24, 2.45) is 5.92 Å². The molecule has 0 spiro atoms. The molecular weight excluding hydrogens is 298 g/mol. The van der Waals surface area contributed by atoms with E-state index in [1.807, 2.05) is 6.92 Å². The number of benzene rings is 1. The molecule has 1 aromatic rings. The van der Waals surface area contributed by atoms with Crippen LogP contribution in [0.4, 0.5) is 0 Å². The van der Waals surface area contributed by atoms with Crippen molar-refractivity contribution < 1.29 is 14.7 Å². The summed E-state index contributed by atoms with van der Waals surface area (Å²) in [6.07, 6.45) is 0. The van der Waals surface area contributed by atoms with E-state index >= 15 is 0 Å².